The lowest BCUT2D eigenvalue weighted by Crippen LogP contribution is -2.51. The first kappa shape index (κ1) is 24.2. The second-order valence-electron chi connectivity index (χ2n) is 8.93. The number of carbonyl (C=O) groups excluding carboxylic acids is 2. The normalized spacial score (nSPS) is 20.0. The molecule has 1 atom stereocenters. The Morgan fingerprint density at radius 3 is 2.44 bits per heavy atom. The molecule has 1 aliphatic heterocycles. The van der Waals surface area contributed by atoms with Gasteiger partial charge < -0.3 is 10.1 Å². The van der Waals surface area contributed by atoms with Crippen LogP contribution in [0.3, 0.4) is 0 Å². The highest BCUT2D eigenvalue weighted by molar-refractivity contribution is 5.89. The van der Waals surface area contributed by atoms with Gasteiger partial charge in [-0.25, -0.2) is 9.18 Å². The molecule has 2 fully saturated rings. The van der Waals surface area contributed by atoms with E-state index in [2.05, 4.69) is 5.32 Å². The Hall–Kier alpha value is -2.94. The van der Waals surface area contributed by atoms with Crippen molar-refractivity contribution in [3.8, 4) is 0 Å². The van der Waals surface area contributed by atoms with Gasteiger partial charge in [-0.15, -0.1) is 0 Å². The first-order valence-corrected chi connectivity index (χ1v) is 11.2. The number of halogens is 4. The summed E-state index contributed by atoms with van der Waals surface area (Å²) in [5.74, 6) is -1.92. The molecule has 2 aliphatic rings. The number of amides is 1. The van der Waals surface area contributed by atoms with E-state index in [-0.39, 0.29) is 12.5 Å². The Balaban J connectivity index is 1.47. The second kappa shape index (κ2) is 9.37. The lowest BCUT2D eigenvalue weighted by molar-refractivity contribution is -0.140. The van der Waals surface area contributed by atoms with E-state index in [9.17, 15) is 27.2 Å². The minimum absolute atomic E-state index is 0.127. The predicted molar refractivity (Wildman–Crippen MR) is 116 cm³/mol. The van der Waals surface area contributed by atoms with Crippen molar-refractivity contribution in [2.45, 2.75) is 56.4 Å². The highest BCUT2D eigenvalue weighted by Crippen LogP contribution is 2.46. The number of nitrogens with zero attached hydrogens (tertiary/aromatic N) is 1. The van der Waals surface area contributed by atoms with Crippen LogP contribution >= 0.6 is 0 Å². The number of piperidine rings is 1. The predicted octanol–water partition coefficient (Wildman–Crippen LogP) is 4.79. The third kappa shape index (κ3) is 5.09. The monoisotopic (exact) mass is 478 g/mol. The summed E-state index contributed by atoms with van der Waals surface area (Å²) in [5, 5.41) is 3.14. The topological polar surface area (TPSA) is 58.6 Å². The van der Waals surface area contributed by atoms with Gasteiger partial charge in [0.05, 0.1) is 29.8 Å². The minimum Gasteiger partial charge on any atom is -0.465 e. The minimum atomic E-state index is -4.78. The smallest absolute Gasteiger partial charge is 0.419 e. The summed E-state index contributed by atoms with van der Waals surface area (Å²) in [5.41, 5.74) is -0.175. The number of rotatable bonds is 6. The molecule has 1 heterocycles. The largest absolute Gasteiger partial charge is 0.465 e. The number of likely N-dealkylation sites (tertiary alicyclic amines) is 1. The lowest BCUT2D eigenvalue weighted by Gasteiger charge is -2.36. The van der Waals surface area contributed by atoms with Crippen LogP contribution in [0.25, 0.3) is 0 Å². The zero-order chi connectivity index (χ0) is 24.5. The van der Waals surface area contributed by atoms with E-state index in [1.54, 1.807) is 24.3 Å². The van der Waals surface area contributed by atoms with Crippen LogP contribution in [-0.2, 0) is 27.8 Å². The molecular formula is C25H26F4N2O3. The van der Waals surface area contributed by atoms with Gasteiger partial charge in [0.2, 0.25) is 5.91 Å². The first-order valence-electron chi connectivity index (χ1n) is 11.2. The van der Waals surface area contributed by atoms with E-state index < -0.39 is 35.1 Å². The van der Waals surface area contributed by atoms with Crippen molar-refractivity contribution in [2.24, 2.45) is 0 Å². The molecule has 2 aromatic rings. The quantitative estimate of drug-likeness (QED) is 0.479. The van der Waals surface area contributed by atoms with Crippen LogP contribution in [0.5, 0.6) is 0 Å². The van der Waals surface area contributed by atoms with Crippen LogP contribution in [0.4, 0.5) is 17.6 Å². The number of hydrogen-bond donors (Lipinski definition) is 1. The van der Waals surface area contributed by atoms with Crippen molar-refractivity contribution in [1.82, 2.24) is 10.2 Å². The maximum absolute atomic E-state index is 13.7. The molecule has 9 heteroatoms. The van der Waals surface area contributed by atoms with Crippen LogP contribution in [0, 0.1) is 5.82 Å². The van der Waals surface area contributed by atoms with Gasteiger partial charge in [0, 0.05) is 6.54 Å². The highest BCUT2D eigenvalue weighted by Gasteiger charge is 2.47. The first-order chi connectivity index (χ1) is 16.1. The van der Waals surface area contributed by atoms with Crippen molar-refractivity contribution in [3.05, 3.63) is 70.5 Å². The highest BCUT2D eigenvalue weighted by atomic mass is 19.4. The molecule has 1 unspecified atom stereocenters. The molecule has 4 rings (SSSR count). The molecule has 2 aromatic carbocycles. The Morgan fingerprint density at radius 2 is 1.82 bits per heavy atom. The number of hydrogen-bond acceptors (Lipinski definition) is 4. The molecular weight excluding hydrogens is 452 g/mol. The fraction of sp³-hybridized carbons (Fsp3) is 0.440. The van der Waals surface area contributed by atoms with E-state index >= 15 is 0 Å². The number of esters is 1. The third-order valence-electron chi connectivity index (χ3n) is 6.61. The van der Waals surface area contributed by atoms with E-state index in [1.165, 1.54) is 13.2 Å². The van der Waals surface area contributed by atoms with E-state index in [0.717, 1.165) is 43.4 Å². The van der Waals surface area contributed by atoms with Crippen molar-refractivity contribution >= 4 is 11.9 Å². The molecule has 0 spiro atoms. The zero-order valence-corrected chi connectivity index (χ0v) is 18.8. The molecule has 1 N–H and O–H groups in total. The molecule has 34 heavy (non-hydrogen) atoms. The zero-order valence-electron chi connectivity index (χ0n) is 18.8. The van der Waals surface area contributed by atoms with Crippen molar-refractivity contribution < 1.29 is 31.9 Å². The molecule has 0 bridgehead atoms. The Labute approximate surface area is 195 Å². The van der Waals surface area contributed by atoms with Gasteiger partial charge in [0.15, 0.2) is 0 Å². The number of benzene rings is 2. The van der Waals surface area contributed by atoms with E-state index in [4.69, 9.17) is 4.74 Å². The molecule has 0 radical (unpaired) electrons. The fourth-order valence-corrected chi connectivity index (χ4v) is 4.57. The van der Waals surface area contributed by atoms with Gasteiger partial charge >= 0.3 is 12.1 Å². The van der Waals surface area contributed by atoms with E-state index in [1.807, 2.05) is 4.90 Å². The Morgan fingerprint density at radius 1 is 1.12 bits per heavy atom. The standard InChI is InChI=1S/C25H26F4N2O3/c1-34-23(33)17-6-8-18(9-7-17)24(11-12-24)30-22(32)21-4-2-3-13-31(21)15-16-5-10-20(26)19(14-16)25(27,28)29/h5-10,14,21H,2-4,11-13,15H2,1H3,(H,30,32). The van der Waals surface area contributed by atoms with Gasteiger partial charge in [-0.2, -0.15) is 13.2 Å². The molecule has 0 aromatic heterocycles. The second-order valence-corrected chi connectivity index (χ2v) is 8.93. The van der Waals surface area contributed by atoms with Crippen molar-refractivity contribution in [2.75, 3.05) is 13.7 Å². The summed E-state index contributed by atoms with van der Waals surface area (Å²) in [6, 6.07) is 9.42. The van der Waals surface area contributed by atoms with Gasteiger partial charge in [-0.1, -0.05) is 24.6 Å². The van der Waals surface area contributed by atoms with Gasteiger partial charge in [0.25, 0.3) is 0 Å². The SMILES string of the molecule is COC(=O)c1ccc(C2(NC(=O)C3CCCCN3Cc3ccc(F)c(C(F)(F)F)c3)CC2)cc1. The van der Waals surface area contributed by atoms with E-state index in [0.29, 0.717) is 24.1 Å². The van der Waals surface area contributed by atoms with Crippen LogP contribution in [0.1, 0.15) is 59.2 Å². The molecule has 1 saturated heterocycles. The number of alkyl halides is 3. The summed E-state index contributed by atoms with van der Waals surface area (Å²) in [6.45, 7) is 0.694. The maximum atomic E-state index is 13.7. The van der Waals surface area contributed by atoms with Gasteiger partial charge in [0.1, 0.15) is 5.82 Å². The Kier molecular flexibility index (Phi) is 6.66. The number of ether oxygens (including phenoxy) is 1. The van der Waals surface area contributed by atoms with Crippen molar-refractivity contribution in [1.29, 1.82) is 0 Å². The molecule has 182 valence electrons. The van der Waals surface area contributed by atoms with Gasteiger partial charge in [-0.3, -0.25) is 9.69 Å². The summed E-state index contributed by atoms with van der Waals surface area (Å²) in [6.07, 6.45) is -0.993. The molecule has 5 nitrogen and oxygen atoms in total. The van der Waals surface area contributed by atoms with Crippen LogP contribution in [-0.4, -0.2) is 36.5 Å². The summed E-state index contributed by atoms with van der Waals surface area (Å²) in [7, 11) is 1.31. The fourth-order valence-electron chi connectivity index (χ4n) is 4.57. The average molecular weight is 478 g/mol. The van der Waals surface area contributed by atoms with Crippen LogP contribution in [0.15, 0.2) is 42.5 Å². The third-order valence-corrected chi connectivity index (χ3v) is 6.61. The molecule has 1 saturated carbocycles. The summed E-state index contributed by atoms with van der Waals surface area (Å²) in [4.78, 5) is 26.8. The summed E-state index contributed by atoms with van der Waals surface area (Å²) >= 11 is 0. The average Bonchev–Trinajstić information content (AvgIpc) is 3.60. The molecule has 1 aliphatic carbocycles. The van der Waals surface area contributed by atoms with Crippen LogP contribution in [0.2, 0.25) is 0 Å². The Bertz CT molecular complexity index is 1060. The maximum Gasteiger partial charge on any atom is 0.419 e. The number of methoxy groups -OCH3 is 1. The summed E-state index contributed by atoms with van der Waals surface area (Å²) < 4.78 is 57.7. The lowest BCUT2D eigenvalue weighted by atomic mass is 9.98. The van der Waals surface area contributed by atoms with Gasteiger partial charge in [-0.05, 0) is 67.6 Å². The number of carbonyl (C=O) groups is 2. The van der Waals surface area contributed by atoms with Crippen molar-refractivity contribution in [3.63, 3.8) is 0 Å². The van der Waals surface area contributed by atoms with Crippen LogP contribution < -0.4 is 5.32 Å². The number of nitrogens with one attached hydrogen (secondary N) is 1. The molecule has 1 amide bonds.